The molecule has 0 rings (SSSR count). The first-order valence-electron chi connectivity index (χ1n) is 1.80. The maximum absolute atomic E-state index is 8.45. The molecule has 1 unspecified atom stereocenters. The van der Waals surface area contributed by atoms with Crippen LogP contribution in [0.4, 0.5) is 0 Å². The van der Waals surface area contributed by atoms with Crippen LogP contribution >= 0.6 is 0 Å². The van der Waals surface area contributed by atoms with E-state index in [1.54, 1.807) is 0 Å². The molecule has 0 aromatic heterocycles. The summed E-state index contributed by atoms with van der Waals surface area (Å²) in [6.45, 7) is -0.0821. The molecular formula is C3H8O2Sn. The first-order chi connectivity index (χ1) is 2.81. The summed E-state index contributed by atoms with van der Waals surface area (Å²) in [4.78, 5) is 0. The Morgan fingerprint density at radius 1 is 1.67 bits per heavy atom. The van der Waals surface area contributed by atoms with E-state index in [9.17, 15) is 0 Å². The van der Waals surface area contributed by atoms with Gasteiger partial charge in [0.25, 0.3) is 0 Å². The fraction of sp³-hybridized carbons (Fsp3) is 1.00. The van der Waals surface area contributed by atoms with Crippen LogP contribution in [0.5, 0.6) is 0 Å². The Morgan fingerprint density at radius 3 is 2.17 bits per heavy atom. The summed E-state index contributed by atoms with van der Waals surface area (Å²) in [5.74, 6) is 0. The average molecular weight is 195 g/mol. The van der Waals surface area contributed by atoms with Gasteiger partial charge in [-0.15, -0.1) is 0 Å². The summed E-state index contributed by atoms with van der Waals surface area (Å²) in [7, 11) is 0. The standard InChI is InChI=1S/C3H7O2.Sn.H/c1-3(5)2-4;;/h3-5H,1-2H2;;. The van der Waals surface area contributed by atoms with Gasteiger partial charge in [-0.05, 0) is 0 Å². The van der Waals surface area contributed by atoms with Crippen LogP contribution in [-0.2, 0) is 0 Å². The van der Waals surface area contributed by atoms with E-state index in [0.29, 0.717) is 0 Å². The molecule has 0 aliphatic rings. The summed E-state index contributed by atoms with van der Waals surface area (Å²) in [5.41, 5.74) is 0. The van der Waals surface area contributed by atoms with Gasteiger partial charge in [0.05, 0.1) is 0 Å². The number of rotatable bonds is 2. The fourth-order valence-corrected chi connectivity index (χ4v) is 0.500. The average Bonchev–Trinajstić information content (AvgIpc) is 1.65. The van der Waals surface area contributed by atoms with Gasteiger partial charge in [0.15, 0.2) is 0 Å². The van der Waals surface area contributed by atoms with E-state index in [2.05, 4.69) is 0 Å². The van der Waals surface area contributed by atoms with Crippen molar-refractivity contribution in [1.29, 1.82) is 0 Å². The first-order valence-corrected chi connectivity index (χ1v) is 4.13. The third-order valence-corrected chi connectivity index (χ3v) is 2.04. The molecule has 0 saturated carbocycles. The Kier molecular flexibility index (Phi) is 4.36. The topological polar surface area (TPSA) is 40.5 Å². The Hall–Kier alpha value is 0.719. The molecule has 0 aromatic rings. The van der Waals surface area contributed by atoms with Gasteiger partial charge in [0, 0.05) is 0 Å². The van der Waals surface area contributed by atoms with Gasteiger partial charge < -0.3 is 0 Å². The summed E-state index contributed by atoms with van der Waals surface area (Å²) >= 11 is 1.03. The van der Waals surface area contributed by atoms with Gasteiger partial charge in [0.1, 0.15) is 0 Å². The third-order valence-electron chi connectivity index (χ3n) is 0.483. The zero-order valence-electron chi connectivity index (χ0n) is 3.46. The molecule has 2 N–H and O–H groups in total. The summed E-state index contributed by atoms with van der Waals surface area (Å²) in [6.07, 6.45) is -0.451. The first kappa shape index (κ1) is 6.72. The molecule has 1 atom stereocenters. The maximum atomic E-state index is 8.45. The van der Waals surface area contributed by atoms with Crippen molar-refractivity contribution in [2.45, 2.75) is 10.5 Å². The van der Waals surface area contributed by atoms with Crippen LogP contribution in [0.25, 0.3) is 0 Å². The van der Waals surface area contributed by atoms with E-state index in [1.165, 1.54) is 0 Å². The van der Waals surface area contributed by atoms with Crippen molar-refractivity contribution >= 4 is 22.5 Å². The molecule has 0 bridgehead atoms. The number of hydrogen-bond donors (Lipinski definition) is 2. The van der Waals surface area contributed by atoms with Gasteiger partial charge in [-0.1, -0.05) is 0 Å². The van der Waals surface area contributed by atoms with E-state index >= 15 is 0 Å². The second-order valence-corrected chi connectivity index (χ2v) is 2.42. The van der Waals surface area contributed by atoms with Gasteiger partial charge >= 0.3 is 49.9 Å². The predicted molar refractivity (Wildman–Crippen MR) is 25.0 cm³/mol. The third kappa shape index (κ3) is 2.93. The monoisotopic (exact) mass is 196 g/mol. The zero-order valence-corrected chi connectivity index (χ0v) is 6.76. The summed E-state index contributed by atoms with van der Waals surface area (Å²) in [6, 6.07) is 0. The van der Waals surface area contributed by atoms with Crippen LogP contribution in [0, 0.1) is 0 Å². The second kappa shape index (κ2) is 3.89. The Bertz CT molecular complexity index is 28.0. The van der Waals surface area contributed by atoms with E-state index in [0.717, 1.165) is 27.0 Å². The van der Waals surface area contributed by atoms with Crippen molar-refractivity contribution < 1.29 is 10.2 Å². The van der Waals surface area contributed by atoms with Crippen molar-refractivity contribution in [3.63, 3.8) is 0 Å². The molecule has 0 aliphatic heterocycles. The Labute approximate surface area is 50.3 Å². The van der Waals surface area contributed by atoms with Gasteiger partial charge in [-0.3, -0.25) is 0 Å². The molecule has 6 heavy (non-hydrogen) atoms. The van der Waals surface area contributed by atoms with Crippen molar-refractivity contribution in [1.82, 2.24) is 0 Å². The fourth-order valence-electron chi connectivity index (χ4n) is 0.0745. The SMILES string of the molecule is OCC(O)[CH2][SnH]. The molecule has 0 aliphatic carbocycles. The molecule has 2 radical (unpaired) electrons. The molecule has 2 nitrogen and oxygen atoms in total. The molecule has 0 spiro atoms. The zero-order chi connectivity index (χ0) is 4.99. The van der Waals surface area contributed by atoms with Crippen LogP contribution in [-0.4, -0.2) is 45.4 Å². The molecule has 0 saturated heterocycles. The van der Waals surface area contributed by atoms with Crippen LogP contribution in [0.1, 0.15) is 0 Å². The minimum absolute atomic E-state index is 0.0821. The van der Waals surface area contributed by atoms with Crippen molar-refractivity contribution in [3.8, 4) is 0 Å². The van der Waals surface area contributed by atoms with Gasteiger partial charge in [-0.2, -0.15) is 0 Å². The van der Waals surface area contributed by atoms with Crippen LogP contribution in [0.2, 0.25) is 4.44 Å². The molecule has 0 aromatic carbocycles. The normalized spacial score (nSPS) is 14.5. The van der Waals surface area contributed by atoms with E-state index in [-0.39, 0.29) is 6.61 Å². The van der Waals surface area contributed by atoms with Crippen molar-refractivity contribution in [2.75, 3.05) is 6.61 Å². The van der Waals surface area contributed by atoms with Crippen LogP contribution < -0.4 is 0 Å². The molecule has 0 fully saturated rings. The van der Waals surface area contributed by atoms with E-state index in [4.69, 9.17) is 10.2 Å². The summed E-state index contributed by atoms with van der Waals surface area (Å²) in [5, 5.41) is 16.6. The van der Waals surface area contributed by atoms with Gasteiger partial charge in [0.2, 0.25) is 0 Å². The Morgan fingerprint density at radius 2 is 2.17 bits per heavy atom. The molecule has 36 valence electrons. The van der Waals surface area contributed by atoms with E-state index < -0.39 is 6.10 Å². The molecule has 3 heteroatoms. The number of aliphatic hydroxyl groups is 2. The molecule has 0 heterocycles. The molecule has 0 amide bonds. The van der Waals surface area contributed by atoms with Crippen molar-refractivity contribution in [3.05, 3.63) is 0 Å². The predicted octanol–water partition coefficient (Wildman–Crippen LogP) is -1.34. The van der Waals surface area contributed by atoms with Gasteiger partial charge in [-0.25, -0.2) is 0 Å². The van der Waals surface area contributed by atoms with E-state index in [1.807, 2.05) is 0 Å². The van der Waals surface area contributed by atoms with Crippen molar-refractivity contribution in [2.24, 2.45) is 0 Å². The Balaban J connectivity index is 2.75. The second-order valence-electron chi connectivity index (χ2n) is 1.07. The van der Waals surface area contributed by atoms with Crippen LogP contribution in [0.3, 0.4) is 0 Å². The minimum atomic E-state index is -0.451. The number of hydrogen-bond acceptors (Lipinski definition) is 2. The van der Waals surface area contributed by atoms with Crippen LogP contribution in [0.15, 0.2) is 0 Å². The molecular weight excluding hydrogens is 187 g/mol. The number of aliphatic hydroxyl groups excluding tert-OH is 2. The quantitative estimate of drug-likeness (QED) is 0.535. The summed E-state index contributed by atoms with van der Waals surface area (Å²) < 4.78 is 0.765.